The Morgan fingerprint density at radius 3 is 2.68 bits per heavy atom. The lowest BCUT2D eigenvalue weighted by molar-refractivity contribution is -0.147. The maximum Gasteiger partial charge on any atom is 0.346 e. The molecular formula is C19H18O5S. The zero-order chi connectivity index (χ0) is 18.1. The third-order valence-corrected chi connectivity index (χ3v) is 5.00. The van der Waals surface area contributed by atoms with Crippen LogP contribution < -0.4 is 9.47 Å². The lowest BCUT2D eigenvalue weighted by atomic mass is 10.1. The van der Waals surface area contributed by atoms with Gasteiger partial charge in [-0.2, -0.15) is 0 Å². The van der Waals surface area contributed by atoms with Crippen molar-refractivity contribution in [3.05, 3.63) is 50.9 Å². The van der Waals surface area contributed by atoms with Crippen LogP contribution >= 0.6 is 11.3 Å². The summed E-state index contributed by atoms with van der Waals surface area (Å²) in [5.74, 6) is 0.629. The number of esters is 1. The summed E-state index contributed by atoms with van der Waals surface area (Å²) in [5.41, 5.74) is 2.27. The molecule has 5 nitrogen and oxygen atoms in total. The third kappa shape index (κ3) is 3.17. The lowest BCUT2D eigenvalue weighted by Gasteiger charge is -2.15. The second-order valence-corrected chi connectivity index (χ2v) is 6.70. The Kier molecular flexibility index (Phi) is 4.63. The first-order valence-electron chi connectivity index (χ1n) is 7.78. The summed E-state index contributed by atoms with van der Waals surface area (Å²) < 4.78 is 16.1. The molecule has 0 spiro atoms. The number of thiophene rings is 1. The number of carbonyl (C=O) groups excluding carboxylic acids is 2. The summed E-state index contributed by atoms with van der Waals surface area (Å²) in [4.78, 5) is 25.1. The summed E-state index contributed by atoms with van der Waals surface area (Å²) in [6.07, 6.45) is 1.02. The number of aryl methyl sites for hydroxylation is 1. The van der Waals surface area contributed by atoms with E-state index in [1.165, 1.54) is 7.11 Å². The van der Waals surface area contributed by atoms with E-state index in [1.54, 1.807) is 43.4 Å². The molecule has 0 radical (unpaired) electrons. The van der Waals surface area contributed by atoms with Gasteiger partial charge in [-0.3, -0.25) is 4.79 Å². The molecule has 0 N–H and O–H groups in total. The van der Waals surface area contributed by atoms with Crippen LogP contribution in [-0.2, 0) is 9.53 Å². The molecule has 0 amide bonds. The van der Waals surface area contributed by atoms with E-state index in [0.717, 1.165) is 10.4 Å². The molecule has 2 aromatic rings. The standard InChI is InChI=1S/C19H18O5S/c1-10-7-8-25-16(10)9-15-17(20)13-5-6-14(11(2)18(13)24-15)23-12(3)19(21)22-4/h5-9,12H,1-4H3/b15-9-. The van der Waals surface area contributed by atoms with Gasteiger partial charge in [0.2, 0.25) is 5.78 Å². The van der Waals surface area contributed by atoms with E-state index >= 15 is 0 Å². The number of carbonyl (C=O) groups is 2. The smallest absolute Gasteiger partial charge is 0.346 e. The molecule has 6 heteroatoms. The van der Waals surface area contributed by atoms with Gasteiger partial charge >= 0.3 is 5.97 Å². The second kappa shape index (κ2) is 6.72. The minimum absolute atomic E-state index is 0.154. The van der Waals surface area contributed by atoms with Crippen LogP contribution in [0.4, 0.5) is 0 Å². The highest BCUT2D eigenvalue weighted by molar-refractivity contribution is 7.11. The Morgan fingerprint density at radius 2 is 2.04 bits per heavy atom. The quantitative estimate of drug-likeness (QED) is 0.612. The fourth-order valence-corrected chi connectivity index (χ4v) is 3.40. The molecule has 0 saturated carbocycles. The van der Waals surface area contributed by atoms with Crippen LogP contribution in [0.5, 0.6) is 11.5 Å². The number of benzene rings is 1. The number of ketones is 1. The molecule has 1 aromatic heterocycles. The van der Waals surface area contributed by atoms with Gasteiger partial charge in [-0.25, -0.2) is 4.79 Å². The predicted octanol–water partition coefficient (Wildman–Crippen LogP) is 3.92. The maximum atomic E-state index is 12.6. The lowest BCUT2D eigenvalue weighted by Crippen LogP contribution is -2.25. The number of rotatable bonds is 4. The van der Waals surface area contributed by atoms with Gasteiger partial charge < -0.3 is 14.2 Å². The molecule has 0 aliphatic carbocycles. The number of ether oxygens (including phenoxy) is 3. The van der Waals surface area contributed by atoms with Crippen molar-refractivity contribution in [1.29, 1.82) is 0 Å². The van der Waals surface area contributed by atoms with Crippen molar-refractivity contribution >= 4 is 29.2 Å². The van der Waals surface area contributed by atoms with Gasteiger partial charge in [-0.1, -0.05) is 0 Å². The first-order chi connectivity index (χ1) is 11.9. The van der Waals surface area contributed by atoms with Gasteiger partial charge in [0.1, 0.15) is 11.5 Å². The Bertz CT molecular complexity index is 878. The molecule has 2 heterocycles. The normalized spacial score (nSPS) is 15.7. The second-order valence-electron chi connectivity index (χ2n) is 5.76. The van der Waals surface area contributed by atoms with E-state index in [9.17, 15) is 9.59 Å². The summed E-state index contributed by atoms with van der Waals surface area (Å²) in [6.45, 7) is 5.39. The molecule has 130 valence electrons. The summed E-state index contributed by atoms with van der Waals surface area (Å²) in [7, 11) is 1.31. The number of allylic oxidation sites excluding steroid dienone is 1. The van der Waals surface area contributed by atoms with Gasteiger partial charge in [0.05, 0.1) is 12.7 Å². The summed E-state index contributed by atoms with van der Waals surface area (Å²) in [6, 6.07) is 5.33. The number of hydrogen-bond donors (Lipinski definition) is 0. The van der Waals surface area contributed by atoms with Gasteiger partial charge in [0, 0.05) is 16.5 Å². The fourth-order valence-electron chi connectivity index (χ4n) is 2.55. The van der Waals surface area contributed by atoms with Crippen LogP contribution in [0.25, 0.3) is 6.08 Å². The van der Waals surface area contributed by atoms with E-state index < -0.39 is 12.1 Å². The van der Waals surface area contributed by atoms with Crippen LogP contribution in [0, 0.1) is 13.8 Å². The summed E-state index contributed by atoms with van der Waals surface area (Å²) in [5, 5.41) is 1.97. The molecule has 25 heavy (non-hydrogen) atoms. The van der Waals surface area contributed by atoms with E-state index in [1.807, 2.05) is 18.4 Å². The molecule has 1 aliphatic heterocycles. The molecule has 0 bridgehead atoms. The third-order valence-electron chi connectivity index (χ3n) is 4.04. The van der Waals surface area contributed by atoms with Crippen LogP contribution in [-0.4, -0.2) is 25.0 Å². The van der Waals surface area contributed by atoms with Gasteiger partial charge in [0.25, 0.3) is 0 Å². The molecule has 3 rings (SSSR count). The number of Topliss-reactive ketones (excluding diaryl/α,β-unsaturated/α-hetero) is 1. The van der Waals surface area contributed by atoms with Crippen LogP contribution in [0.15, 0.2) is 29.3 Å². The molecule has 1 aliphatic rings. The molecule has 0 saturated heterocycles. The zero-order valence-electron chi connectivity index (χ0n) is 14.4. The Labute approximate surface area is 149 Å². The average Bonchev–Trinajstić information content (AvgIpc) is 3.14. The number of methoxy groups -OCH3 is 1. The zero-order valence-corrected chi connectivity index (χ0v) is 15.2. The first kappa shape index (κ1) is 17.2. The topological polar surface area (TPSA) is 61.8 Å². The fraction of sp³-hybridized carbons (Fsp3) is 0.263. The van der Waals surface area contributed by atoms with Gasteiger partial charge in [0.15, 0.2) is 11.9 Å². The highest BCUT2D eigenvalue weighted by Gasteiger charge is 2.31. The minimum Gasteiger partial charge on any atom is -0.479 e. The van der Waals surface area contributed by atoms with Crippen molar-refractivity contribution in [2.24, 2.45) is 0 Å². The van der Waals surface area contributed by atoms with Crippen molar-refractivity contribution in [1.82, 2.24) is 0 Å². The largest absolute Gasteiger partial charge is 0.479 e. The maximum absolute atomic E-state index is 12.6. The highest BCUT2D eigenvalue weighted by atomic mass is 32.1. The number of fused-ring (bicyclic) bond motifs is 1. The highest BCUT2D eigenvalue weighted by Crippen LogP contribution is 2.40. The Hall–Kier alpha value is -2.60. The monoisotopic (exact) mass is 358 g/mol. The van der Waals surface area contributed by atoms with E-state index in [-0.39, 0.29) is 5.78 Å². The van der Waals surface area contributed by atoms with Crippen molar-refractivity contribution < 1.29 is 23.8 Å². The van der Waals surface area contributed by atoms with Gasteiger partial charge in [-0.15, -0.1) is 11.3 Å². The Morgan fingerprint density at radius 1 is 1.28 bits per heavy atom. The van der Waals surface area contributed by atoms with E-state index in [4.69, 9.17) is 9.47 Å². The molecule has 1 atom stereocenters. The van der Waals surface area contributed by atoms with E-state index in [2.05, 4.69) is 4.74 Å². The van der Waals surface area contributed by atoms with Crippen molar-refractivity contribution in [2.75, 3.05) is 7.11 Å². The van der Waals surface area contributed by atoms with E-state index in [0.29, 0.717) is 28.4 Å². The average molecular weight is 358 g/mol. The van der Waals surface area contributed by atoms with Crippen LogP contribution in [0.2, 0.25) is 0 Å². The number of hydrogen-bond acceptors (Lipinski definition) is 6. The van der Waals surface area contributed by atoms with Gasteiger partial charge in [-0.05, 0) is 49.9 Å². The predicted molar refractivity (Wildman–Crippen MR) is 95.3 cm³/mol. The first-order valence-corrected chi connectivity index (χ1v) is 8.66. The summed E-state index contributed by atoms with van der Waals surface area (Å²) >= 11 is 1.55. The van der Waals surface area contributed by atoms with Crippen LogP contribution in [0.3, 0.4) is 0 Å². The molecular weight excluding hydrogens is 340 g/mol. The van der Waals surface area contributed by atoms with Crippen molar-refractivity contribution in [3.8, 4) is 11.5 Å². The van der Waals surface area contributed by atoms with Crippen LogP contribution in [0.1, 0.15) is 33.3 Å². The molecule has 0 fully saturated rings. The minimum atomic E-state index is -0.748. The molecule has 1 unspecified atom stereocenters. The molecule has 1 aromatic carbocycles. The van der Waals surface area contributed by atoms with Crippen molar-refractivity contribution in [2.45, 2.75) is 26.9 Å². The Balaban J connectivity index is 1.91. The SMILES string of the molecule is COC(=O)C(C)Oc1ccc2c(c1C)O/C(=C\c1sccc1C)C2=O. The van der Waals surface area contributed by atoms with Crippen molar-refractivity contribution in [3.63, 3.8) is 0 Å².